The van der Waals surface area contributed by atoms with Crippen LogP contribution in [-0.2, 0) is 6.42 Å². The fourth-order valence-electron chi connectivity index (χ4n) is 1.86. The van der Waals surface area contributed by atoms with Crippen molar-refractivity contribution in [2.45, 2.75) is 13.3 Å². The lowest BCUT2D eigenvalue weighted by atomic mass is 10.1. The quantitative estimate of drug-likeness (QED) is 0.735. The van der Waals surface area contributed by atoms with Crippen LogP contribution in [0.15, 0.2) is 36.9 Å². The van der Waals surface area contributed by atoms with Gasteiger partial charge < -0.3 is 15.3 Å². The summed E-state index contributed by atoms with van der Waals surface area (Å²) in [7, 11) is 0. The van der Waals surface area contributed by atoms with Crippen molar-refractivity contribution < 1.29 is 9.90 Å². The van der Waals surface area contributed by atoms with Gasteiger partial charge in [0.15, 0.2) is 0 Å². The van der Waals surface area contributed by atoms with E-state index < -0.39 is 0 Å². The molecule has 0 heterocycles. The molecule has 0 aliphatic rings. The number of hydrogen-bond donors (Lipinski definition) is 2. The summed E-state index contributed by atoms with van der Waals surface area (Å²) in [5.41, 5.74) is 2.47. The molecule has 0 aromatic heterocycles. The third-order valence-electron chi connectivity index (χ3n) is 2.94. The van der Waals surface area contributed by atoms with Gasteiger partial charge in [-0.15, -0.1) is 6.58 Å². The molecule has 2 N–H and O–H groups in total. The minimum absolute atomic E-state index is 0.0426. The number of rotatable bonds is 7. The van der Waals surface area contributed by atoms with E-state index in [-0.39, 0.29) is 12.6 Å². The summed E-state index contributed by atoms with van der Waals surface area (Å²) in [6.45, 7) is 6.97. The number of aryl methyl sites for hydroxylation is 1. The van der Waals surface area contributed by atoms with Crippen LogP contribution in [0.5, 0.6) is 0 Å². The van der Waals surface area contributed by atoms with Crippen LogP contribution in [0.3, 0.4) is 0 Å². The van der Waals surface area contributed by atoms with Gasteiger partial charge in [0, 0.05) is 19.6 Å². The highest BCUT2D eigenvalue weighted by Crippen LogP contribution is 2.06. The van der Waals surface area contributed by atoms with Crippen LogP contribution in [0.2, 0.25) is 0 Å². The van der Waals surface area contributed by atoms with Gasteiger partial charge in [-0.2, -0.15) is 0 Å². The fourth-order valence-corrected chi connectivity index (χ4v) is 1.86. The maximum absolute atomic E-state index is 11.9. The molecule has 0 saturated carbocycles. The molecule has 0 aliphatic carbocycles. The molecule has 0 bridgehead atoms. The summed E-state index contributed by atoms with van der Waals surface area (Å²) in [5.74, 6) is 0. The van der Waals surface area contributed by atoms with E-state index in [1.165, 1.54) is 16.0 Å². The minimum Gasteiger partial charge on any atom is -0.395 e. The van der Waals surface area contributed by atoms with E-state index in [4.69, 9.17) is 5.11 Å². The Morgan fingerprint density at radius 3 is 2.84 bits per heavy atom. The number of aliphatic hydroxyl groups excluding tert-OH is 1. The van der Waals surface area contributed by atoms with Crippen LogP contribution in [-0.4, -0.2) is 42.3 Å². The van der Waals surface area contributed by atoms with Gasteiger partial charge in [0.1, 0.15) is 0 Å². The molecule has 0 atom stereocenters. The summed E-state index contributed by atoms with van der Waals surface area (Å²) in [6.07, 6.45) is 2.45. The van der Waals surface area contributed by atoms with Crippen LogP contribution >= 0.6 is 0 Å². The summed E-state index contributed by atoms with van der Waals surface area (Å²) >= 11 is 0. The Morgan fingerprint density at radius 2 is 2.21 bits per heavy atom. The van der Waals surface area contributed by atoms with E-state index in [9.17, 15) is 4.79 Å². The van der Waals surface area contributed by atoms with Crippen molar-refractivity contribution in [3.05, 3.63) is 48.0 Å². The highest BCUT2D eigenvalue weighted by Gasteiger charge is 2.10. The van der Waals surface area contributed by atoms with E-state index in [1.54, 1.807) is 6.08 Å². The first kappa shape index (κ1) is 15.2. The molecule has 4 heteroatoms. The molecule has 1 aromatic rings. The highest BCUT2D eigenvalue weighted by atomic mass is 16.3. The number of amides is 2. The first-order valence-electron chi connectivity index (χ1n) is 6.48. The first-order valence-corrected chi connectivity index (χ1v) is 6.48. The lowest BCUT2D eigenvalue weighted by molar-refractivity contribution is 0.184. The second-order valence-corrected chi connectivity index (χ2v) is 4.37. The maximum Gasteiger partial charge on any atom is 0.317 e. The average molecular weight is 262 g/mol. The van der Waals surface area contributed by atoms with Gasteiger partial charge in [0.05, 0.1) is 6.61 Å². The van der Waals surface area contributed by atoms with E-state index in [2.05, 4.69) is 31.0 Å². The number of urea groups is 1. The third-order valence-corrected chi connectivity index (χ3v) is 2.94. The van der Waals surface area contributed by atoms with E-state index >= 15 is 0 Å². The lowest BCUT2D eigenvalue weighted by Crippen LogP contribution is -2.42. The number of hydrogen-bond acceptors (Lipinski definition) is 2. The lowest BCUT2D eigenvalue weighted by Gasteiger charge is -2.20. The Hall–Kier alpha value is -1.81. The number of carbonyl (C=O) groups excluding carboxylic acids is 1. The monoisotopic (exact) mass is 262 g/mol. The summed E-state index contributed by atoms with van der Waals surface area (Å²) in [4.78, 5) is 13.4. The van der Waals surface area contributed by atoms with E-state index in [1.807, 2.05) is 12.1 Å². The van der Waals surface area contributed by atoms with Crippen molar-refractivity contribution in [2.24, 2.45) is 0 Å². The van der Waals surface area contributed by atoms with Crippen LogP contribution < -0.4 is 5.32 Å². The molecular weight excluding hydrogens is 240 g/mol. The normalized spacial score (nSPS) is 10.0. The molecule has 0 spiro atoms. The summed E-state index contributed by atoms with van der Waals surface area (Å²) < 4.78 is 0. The predicted octanol–water partition coefficient (Wildman–Crippen LogP) is 1.73. The fraction of sp³-hybridized carbons (Fsp3) is 0.400. The SMILES string of the molecule is C=CCN(CCO)C(=O)NCCc1ccccc1C. The molecule has 4 nitrogen and oxygen atoms in total. The zero-order valence-corrected chi connectivity index (χ0v) is 11.4. The van der Waals surface area contributed by atoms with Gasteiger partial charge in [-0.1, -0.05) is 30.3 Å². The van der Waals surface area contributed by atoms with E-state index in [0.29, 0.717) is 19.6 Å². The highest BCUT2D eigenvalue weighted by molar-refractivity contribution is 5.74. The van der Waals surface area contributed by atoms with Gasteiger partial charge in [0.25, 0.3) is 0 Å². The van der Waals surface area contributed by atoms with Gasteiger partial charge in [0.2, 0.25) is 0 Å². The van der Waals surface area contributed by atoms with Crippen molar-refractivity contribution in [1.29, 1.82) is 0 Å². The Kier molecular flexibility index (Phi) is 6.68. The average Bonchev–Trinajstić information content (AvgIpc) is 2.40. The van der Waals surface area contributed by atoms with E-state index in [0.717, 1.165) is 6.42 Å². The molecule has 0 fully saturated rings. The van der Waals surface area contributed by atoms with Gasteiger partial charge >= 0.3 is 6.03 Å². The summed E-state index contributed by atoms with van der Waals surface area (Å²) in [5, 5.41) is 11.8. The van der Waals surface area contributed by atoms with Crippen molar-refractivity contribution >= 4 is 6.03 Å². The van der Waals surface area contributed by atoms with Gasteiger partial charge in [-0.3, -0.25) is 0 Å². The van der Waals surface area contributed by atoms with Crippen LogP contribution in [0.25, 0.3) is 0 Å². The summed E-state index contributed by atoms with van der Waals surface area (Å²) in [6, 6.07) is 7.97. The number of carbonyl (C=O) groups is 1. The Balaban J connectivity index is 2.41. The molecule has 19 heavy (non-hydrogen) atoms. The van der Waals surface area contributed by atoms with Crippen LogP contribution in [0.1, 0.15) is 11.1 Å². The molecule has 0 saturated heterocycles. The Morgan fingerprint density at radius 1 is 1.47 bits per heavy atom. The molecule has 1 rings (SSSR count). The van der Waals surface area contributed by atoms with Crippen molar-refractivity contribution in [3.63, 3.8) is 0 Å². The zero-order chi connectivity index (χ0) is 14.1. The third kappa shape index (κ3) is 5.14. The van der Waals surface area contributed by atoms with Crippen LogP contribution in [0, 0.1) is 6.92 Å². The molecule has 0 radical (unpaired) electrons. The number of nitrogens with one attached hydrogen (secondary N) is 1. The van der Waals surface area contributed by atoms with Crippen LogP contribution in [0.4, 0.5) is 4.79 Å². The standard InChI is InChI=1S/C15H22N2O2/c1-3-10-17(11-12-18)15(19)16-9-8-14-7-5-4-6-13(14)2/h3-7,18H,1,8-12H2,2H3,(H,16,19). The number of aliphatic hydroxyl groups is 1. The molecule has 0 unspecified atom stereocenters. The topological polar surface area (TPSA) is 52.6 Å². The molecule has 104 valence electrons. The predicted molar refractivity (Wildman–Crippen MR) is 77.1 cm³/mol. The molecule has 2 amide bonds. The van der Waals surface area contributed by atoms with Gasteiger partial charge in [-0.25, -0.2) is 4.79 Å². The molecule has 0 aliphatic heterocycles. The number of nitrogens with zero attached hydrogens (tertiary/aromatic N) is 1. The Bertz CT molecular complexity index is 418. The maximum atomic E-state index is 11.9. The largest absolute Gasteiger partial charge is 0.395 e. The number of benzene rings is 1. The van der Waals surface area contributed by atoms with Gasteiger partial charge in [-0.05, 0) is 24.5 Å². The first-order chi connectivity index (χ1) is 9.19. The van der Waals surface area contributed by atoms with Crippen molar-refractivity contribution in [3.8, 4) is 0 Å². The molecular formula is C15H22N2O2. The van der Waals surface area contributed by atoms with Crippen molar-refractivity contribution in [1.82, 2.24) is 10.2 Å². The second kappa shape index (κ2) is 8.32. The second-order valence-electron chi connectivity index (χ2n) is 4.37. The minimum atomic E-state index is -0.164. The molecule has 1 aromatic carbocycles. The smallest absolute Gasteiger partial charge is 0.317 e. The zero-order valence-electron chi connectivity index (χ0n) is 11.4. The van der Waals surface area contributed by atoms with Crippen molar-refractivity contribution in [2.75, 3.05) is 26.2 Å². The Labute approximate surface area is 114 Å².